The Morgan fingerprint density at radius 1 is 1.45 bits per heavy atom. The van der Waals surface area contributed by atoms with Crippen molar-refractivity contribution in [2.45, 2.75) is 32.2 Å². The number of thiazole rings is 1. The fourth-order valence-corrected chi connectivity index (χ4v) is 3.37. The molecule has 0 radical (unpaired) electrons. The highest BCUT2D eigenvalue weighted by atomic mass is 32.1. The SMILES string of the molecule is Cc1nc(-c2c[nH]c(C(=O)N3CCCC[C@@H]3C(=O)O)c2)cs1. The molecule has 2 N–H and O–H groups in total. The van der Waals surface area contributed by atoms with Gasteiger partial charge in [-0.2, -0.15) is 0 Å². The van der Waals surface area contributed by atoms with Crippen LogP contribution in [0.3, 0.4) is 0 Å². The zero-order chi connectivity index (χ0) is 15.7. The van der Waals surface area contributed by atoms with Crippen molar-refractivity contribution in [3.8, 4) is 11.3 Å². The summed E-state index contributed by atoms with van der Waals surface area (Å²) in [6.45, 7) is 2.41. The Morgan fingerprint density at radius 3 is 2.95 bits per heavy atom. The van der Waals surface area contributed by atoms with Crippen LogP contribution < -0.4 is 0 Å². The highest BCUT2D eigenvalue weighted by Gasteiger charge is 2.33. The second kappa shape index (κ2) is 5.92. The number of aromatic nitrogens is 2. The molecular formula is C15H17N3O3S. The average Bonchev–Trinajstić information content (AvgIpc) is 3.15. The van der Waals surface area contributed by atoms with Crippen LogP contribution >= 0.6 is 11.3 Å². The number of carboxylic acids is 1. The Bertz CT molecular complexity index is 706. The number of carbonyl (C=O) groups is 2. The number of amides is 1. The molecule has 3 heterocycles. The molecule has 1 aliphatic heterocycles. The summed E-state index contributed by atoms with van der Waals surface area (Å²) >= 11 is 1.55. The Morgan fingerprint density at radius 2 is 2.27 bits per heavy atom. The fourth-order valence-electron chi connectivity index (χ4n) is 2.75. The first-order valence-corrected chi connectivity index (χ1v) is 8.09. The van der Waals surface area contributed by atoms with Crippen molar-refractivity contribution in [3.05, 3.63) is 28.3 Å². The number of carbonyl (C=O) groups excluding carboxylic acids is 1. The minimum Gasteiger partial charge on any atom is -0.480 e. The maximum Gasteiger partial charge on any atom is 0.326 e. The fraction of sp³-hybridized carbons (Fsp3) is 0.400. The molecule has 0 aromatic carbocycles. The molecule has 0 spiro atoms. The number of hydrogen-bond acceptors (Lipinski definition) is 4. The number of likely N-dealkylation sites (tertiary alicyclic amines) is 1. The third-order valence-corrected chi connectivity index (χ3v) is 4.65. The quantitative estimate of drug-likeness (QED) is 0.910. The molecule has 1 amide bonds. The van der Waals surface area contributed by atoms with Gasteiger partial charge in [0.15, 0.2) is 0 Å². The molecule has 1 aliphatic rings. The van der Waals surface area contributed by atoms with Gasteiger partial charge in [0.25, 0.3) is 5.91 Å². The molecule has 2 aromatic heterocycles. The number of H-pyrrole nitrogens is 1. The number of nitrogens with zero attached hydrogens (tertiary/aromatic N) is 2. The van der Waals surface area contributed by atoms with E-state index in [1.807, 2.05) is 12.3 Å². The predicted molar refractivity (Wildman–Crippen MR) is 82.9 cm³/mol. The lowest BCUT2D eigenvalue weighted by Gasteiger charge is -2.32. The van der Waals surface area contributed by atoms with E-state index in [-0.39, 0.29) is 5.91 Å². The van der Waals surface area contributed by atoms with Crippen molar-refractivity contribution in [1.82, 2.24) is 14.9 Å². The molecule has 0 bridgehead atoms. The van der Waals surface area contributed by atoms with E-state index in [1.54, 1.807) is 23.6 Å². The molecule has 22 heavy (non-hydrogen) atoms. The summed E-state index contributed by atoms with van der Waals surface area (Å²) in [5, 5.41) is 12.2. The van der Waals surface area contributed by atoms with Crippen LogP contribution in [0.15, 0.2) is 17.6 Å². The Labute approximate surface area is 131 Å². The highest BCUT2D eigenvalue weighted by molar-refractivity contribution is 7.09. The van der Waals surface area contributed by atoms with Crippen LogP contribution in [0, 0.1) is 6.92 Å². The van der Waals surface area contributed by atoms with Crippen molar-refractivity contribution < 1.29 is 14.7 Å². The first-order chi connectivity index (χ1) is 10.6. The van der Waals surface area contributed by atoms with E-state index >= 15 is 0 Å². The minimum absolute atomic E-state index is 0.259. The number of aromatic amines is 1. The monoisotopic (exact) mass is 319 g/mol. The Balaban J connectivity index is 1.83. The summed E-state index contributed by atoms with van der Waals surface area (Å²) in [5.41, 5.74) is 2.08. The summed E-state index contributed by atoms with van der Waals surface area (Å²) < 4.78 is 0. The van der Waals surface area contributed by atoms with Crippen LogP contribution in [0.5, 0.6) is 0 Å². The van der Waals surface area contributed by atoms with Gasteiger partial charge in [-0.15, -0.1) is 11.3 Å². The van der Waals surface area contributed by atoms with E-state index in [2.05, 4.69) is 9.97 Å². The first-order valence-electron chi connectivity index (χ1n) is 7.21. The largest absolute Gasteiger partial charge is 0.480 e. The smallest absolute Gasteiger partial charge is 0.326 e. The van der Waals surface area contributed by atoms with Gasteiger partial charge < -0.3 is 15.0 Å². The zero-order valence-electron chi connectivity index (χ0n) is 12.2. The lowest BCUT2D eigenvalue weighted by molar-refractivity contribution is -0.143. The molecule has 1 fully saturated rings. The van der Waals surface area contributed by atoms with E-state index in [1.165, 1.54) is 4.90 Å². The summed E-state index contributed by atoms with van der Waals surface area (Å²) in [6, 6.07) is 1.01. The standard InChI is InChI=1S/C15H17N3O3S/c1-9-17-12(8-22-9)10-6-11(16-7-10)14(19)18-5-3-2-4-13(18)15(20)21/h6-8,13,16H,2-5H2,1H3,(H,20,21)/t13-/m1/s1. The van der Waals surface area contributed by atoms with Crippen molar-refractivity contribution in [3.63, 3.8) is 0 Å². The van der Waals surface area contributed by atoms with E-state index < -0.39 is 12.0 Å². The molecule has 6 nitrogen and oxygen atoms in total. The van der Waals surface area contributed by atoms with Crippen molar-refractivity contribution in [1.29, 1.82) is 0 Å². The van der Waals surface area contributed by atoms with Crippen LogP contribution in [0.25, 0.3) is 11.3 Å². The van der Waals surface area contributed by atoms with E-state index in [9.17, 15) is 14.7 Å². The topological polar surface area (TPSA) is 86.3 Å². The number of hydrogen-bond donors (Lipinski definition) is 2. The van der Waals surface area contributed by atoms with Gasteiger partial charge in [-0.1, -0.05) is 0 Å². The van der Waals surface area contributed by atoms with Gasteiger partial charge in [0, 0.05) is 23.7 Å². The number of piperidine rings is 1. The Hall–Kier alpha value is -2.15. The van der Waals surface area contributed by atoms with Gasteiger partial charge in [0.1, 0.15) is 11.7 Å². The molecule has 0 unspecified atom stereocenters. The Kier molecular flexibility index (Phi) is 3.98. The van der Waals surface area contributed by atoms with Crippen molar-refractivity contribution in [2.24, 2.45) is 0 Å². The second-order valence-electron chi connectivity index (χ2n) is 5.40. The number of aryl methyl sites for hydroxylation is 1. The van der Waals surface area contributed by atoms with Gasteiger partial charge >= 0.3 is 5.97 Å². The van der Waals surface area contributed by atoms with Gasteiger partial charge in [0.05, 0.1) is 10.7 Å². The molecule has 2 aromatic rings. The van der Waals surface area contributed by atoms with Crippen LogP contribution in [-0.4, -0.2) is 44.4 Å². The third-order valence-electron chi connectivity index (χ3n) is 3.88. The minimum atomic E-state index is -0.935. The van der Waals surface area contributed by atoms with Gasteiger partial charge in [-0.05, 0) is 32.3 Å². The maximum absolute atomic E-state index is 12.6. The van der Waals surface area contributed by atoms with E-state index in [0.717, 1.165) is 29.1 Å². The third kappa shape index (κ3) is 2.76. The maximum atomic E-state index is 12.6. The number of nitrogens with one attached hydrogen (secondary N) is 1. The summed E-state index contributed by atoms with van der Waals surface area (Å²) in [5.74, 6) is -1.19. The lowest BCUT2D eigenvalue weighted by atomic mass is 10.0. The van der Waals surface area contributed by atoms with Gasteiger partial charge in [-0.3, -0.25) is 4.79 Å². The first kappa shape index (κ1) is 14.8. The number of carboxylic acid groups (broad SMARTS) is 1. The predicted octanol–water partition coefficient (Wildman–Crippen LogP) is 2.53. The molecule has 1 saturated heterocycles. The molecule has 0 saturated carbocycles. The summed E-state index contributed by atoms with van der Waals surface area (Å²) in [4.78, 5) is 32.7. The second-order valence-corrected chi connectivity index (χ2v) is 6.46. The lowest BCUT2D eigenvalue weighted by Crippen LogP contribution is -2.48. The van der Waals surface area contributed by atoms with E-state index in [4.69, 9.17) is 0 Å². The highest BCUT2D eigenvalue weighted by Crippen LogP contribution is 2.24. The van der Waals surface area contributed by atoms with Gasteiger partial charge in [0.2, 0.25) is 0 Å². The van der Waals surface area contributed by atoms with Crippen LogP contribution in [0.2, 0.25) is 0 Å². The molecule has 3 rings (SSSR count). The zero-order valence-corrected chi connectivity index (χ0v) is 13.0. The van der Waals surface area contributed by atoms with Crippen molar-refractivity contribution >= 4 is 23.2 Å². The normalized spacial score (nSPS) is 18.4. The molecular weight excluding hydrogens is 302 g/mol. The van der Waals surface area contributed by atoms with Crippen LogP contribution in [0.1, 0.15) is 34.8 Å². The number of aliphatic carboxylic acids is 1. The van der Waals surface area contributed by atoms with Crippen LogP contribution in [0.4, 0.5) is 0 Å². The molecule has 116 valence electrons. The molecule has 1 atom stereocenters. The molecule has 7 heteroatoms. The average molecular weight is 319 g/mol. The number of rotatable bonds is 3. The molecule has 0 aliphatic carbocycles. The summed E-state index contributed by atoms with van der Waals surface area (Å²) in [6.07, 6.45) is 3.94. The van der Waals surface area contributed by atoms with Gasteiger partial charge in [-0.25, -0.2) is 9.78 Å². The summed E-state index contributed by atoms with van der Waals surface area (Å²) in [7, 11) is 0. The van der Waals surface area contributed by atoms with Crippen LogP contribution in [-0.2, 0) is 4.79 Å². The van der Waals surface area contributed by atoms with Crippen molar-refractivity contribution in [2.75, 3.05) is 6.54 Å². The van der Waals surface area contributed by atoms with E-state index in [0.29, 0.717) is 18.7 Å².